The van der Waals surface area contributed by atoms with Crippen LogP contribution in [0.3, 0.4) is 0 Å². The highest BCUT2D eigenvalue weighted by Crippen LogP contribution is 1.95. The molecule has 0 aromatic heterocycles. The molecule has 0 aromatic rings. The van der Waals surface area contributed by atoms with Crippen LogP contribution in [0.1, 0.15) is 13.8 Å². The molecule has 0 rings (SSSR count). The topological polar surface area (TPSA) is 72.5 Å². The zero-order valence-corrected chi connectivity index (χ0v) is 6.26. The van der Waals surface area contributed by atoms with Crippen LogP contribution in [-0.4, -0.2) is 29.8 Å². The van der Waals surface area contributed by atoms with Gasteiger partial charge in [0.1, 0.15) is 6.61 Å². The van der Waals surface area contributed by atoms with E-state index < -0.39 is 11.5 Å². The maximum Gasteiger partial charge on any atom is 0.329 e. The van der Waals surface area contributed by atoms with Crippen molar-refractivity contribution in [3.8, 4) is 0 Å². The second kappa shape index (κ2) is 3.53. The molecule has 0 atom stereocenters. The first-order valence-electron chi connectivity index (χ1n) is 3.00. The first kappa shape index (κ1) is 9.39. The molecule has 60 valence electrons. The second-order valence-corrected chi connectivity index (χ2v) is 2.88. The Balaban J connectivity index is 3.29. The fraction of sp³-hybridized carbons (Fsp3) is 0.833. The standard InChI is InChI=1S/C6H13NO3/c1-6(2,7)4-10-3-5(8)9/h3-4,7H2,1-2H3,(H,8,9). The molecule has 4 nitrogen and oxygen atoms in total. The molecule has 0 unspecified atom stereocenters. The molecule has 4 heteroatoms. The Morgan fingerprint density at radius 3 is 2.50 bits per heavy atom. The van der Waals surface area contributed by atoms with Crippen LogP contribution in [0.2, 0.25) is 0 Å². The summed E-state index contributed by atoms with van der Waals surface area (Å²) in [5.41, 5.74) is 5.05. The third-order valence-corrected chi connectivity index (χ3v) is 0.700. The fourth-order valence-corrected chi connectivity index (χ4v) is 0.401. The van der Waals surface area contributed by atoms with Gasteiger partial charge in [-0.3, -0.25) is 0 Å². The summed E-state index contributed by atoms with van der Waals surface area (Å²) in [5, 5.41) is 8.14. The molecular formula is C6H13NO3. The van der Waals surface area contributed by atoms with Crippen molar-refractivity contribution < 1.29 is 14.6 Å². The Labute approximate surface area is 60.0 Å². The summed E-state index contributed by atoms with van der Waals surface area (Å²) in [5.74, 6) is -0.968. The van der Waals surface area contributed by atoms with Crippen molar-refractivity contribution in [2.75, 3.05) is 13.2 Å². The summed E-state index contributed by atoms with van der Waals surface area (Å²) in [6.45, 7) is 3.53. The van der Waals surface area contributed by atoms with E-state index in [1.807, 2.05) is 0 Å². The smallest absolute Gasteiger partial charge is 0.329 e. The third-order valence-electron chi connectivity index (χ3n) is 0.700. The number of carboxylic acids is 1. The largest absolute Gasteiger partial charge is 0.480 e. The number of ether oxygens (including phenoxy) is 1. The molecule has 0 saturated carbocycles. The molecule has 0 aromatic carbocycles. The van der Waals surface area contributed by atoms with Crippen LogP contribution in [0, 0.1) is 0 Å². The molecule has 3 N–H and O–H groups in total. The van der Waals surface area contributed by atoms with Crippen LogP contribution in [0.25, 0.3) is 0 Å². The van der Waals surface area contributed by atoms with Gasteiger partial charge in [0, 0.05) is 5.54 Å². The number of aliphatic carboxylic acids is 1. The molecule has 0 spiro atoms. The molecular weight excluding hydrogens is 134 g/mol. The van der Waals surface area contributed by atoms with Gasteiger partial charge in [0.15, 0.2) is 0 Å². The van der Waals surface area contributed by atoms with E-state index >= 15 is 0 Å². The van der Waals surface area contributed by atoms with Gasteiger partial charge in [0.2, 0.25) is 0 Å². The van der Waals surface area contributed by atoms with Crippen LogP contribution in [-0.2, 0) is 9.53 Å². The number of hydrogen-bond donors (Lipinski definition) is 2. The van der Waals surface area contributed by atoms with Crippen molar-refractivity contribution >= 4 is 5.97 Å². The van der Waals surface area contributed by atoms with Gasteiger partial charge in [-0.25, -0.2) is 4.79 Å². The highest BCUT2D eigenvalue weighted by Gasteiger charge is 2.10. The maximum atomic E-state index is 9.92. The highest BCUT2D eigenvalue weighted by atomic mass is 16.5. The van der Waals surface area contributed by atoms with Gasteiger partial charge in [-0.2, -0.15) is 0 Å². The minimum atomic E-state index is -0.968. The van der Waals surface area contributed by atoms with Gasteiger partial charge in [-0.1, -0.05) is 0 Å². The molecule has 0 radical (unpaired) electrons. The summed E-state index contributed by atoms with van der Waals surface area (Å²) in [6, 6.07) is 0. The van der Waals surface area contributed by atoms with Crippen LogP contribution >= 0.6 is 0 Å². The lowest BCUT2D eigenvalue weighted by Crippen LogP contribution is -2.38. The first-order valence-corrected chi connectivity index (χ1v) is 3.00. The van der Waals surface area contributed by atoms with E-state index in [0.717, 1.165) is 0 Å². The van der Waals surface area contributed by atoms with Gasteiger partial charge in [-0.15, -0.1) is 0 Å². The molecule has 0 aliphatic carbocycles. The quantitative estimate of drug-likeness (QED) is 0.578. The highest BCUT2D eigenvalue weighted by molar-refractivity contribution is 5.67. The van der Waals surface area contributed by atoms with Crippen molar-refractivity contribution in [2.24, 2.45) is 5.73 Å². The number of carbonyl (C=O) groups is 1. The van der Waals surface area contributed by atoms with E-state index in [9.17, 15) is 4.79 Å². The molecule has 0 aliphatic rings. The van der Waals surface area contributed by atoms with Gasteiger partial charge in [0.05, 0.1) is 6.61 Å². The van der Waals surface area contributed by atoms with Gasteiger partial charge >= 0.3 is 5.97 Å². The maximum absolute atomic E-state index is 9.92. The predicted molar refractivity (Wildman–Crippen MR) is 36.7 cm³/mol. The molecule has 0 bridgehead atoms. The van der Waals surface area contributed by atoms with Gasteiger partial charge < -0.3 is 15.6 Å². The summed E-state index contributed by atoms with van der Waals surface area (Å²) in [6.07, 6.45) is 0. The zero-order chi connectivity index (χ0) is 8.20. The van der Waals surface area contributed by atoms with Gasteiger partial charge in [0.25, 0.3) is 0 Å². The first-order chi connectivity index (χ1) is 4.42. The average Bonchev–Trinajstić information content (AvgIpc) is 1.59. The molecule has 0 heterocycles. The van der Waals surface area contributed by atoms with Crippen LogP contribution in [0.4, 0.5) is 0 Å². The lowest BCUT2D eigenvalue weighted by molar-refractivity contribution is -0.142. The van der Waals surface area contributed by atoms with Crippen molar-refractivity contribution in [3.05, 3.63) is 0 Å². The molecule has 10 heavy (non-hydrogen) atoms. The van der Waals surface area contributed by atoms with Crippen LogP contribution in [0.15, 0.2) is 0 Å². The number of nitrogens with two attached hydrogens (primary N) is 1. The summed E-state index contributed by atoms with van der Waals surface area (Å²) < 4.78 is 4.73. The Morgan fingerprint density at radius 1 is 1.70 bits per heavy atom. The van der Waals surface area contributed by atoms with E-state index in [-0.39, 0.29) is 13.2 Å². The van der Waals surface area contributed by atoms with E-state index in [1.54, 1.807) is 13.8 Å². The van der Waals surface area contributed by atoms with E-state index in [0.29, 0.717) is 0 Å². The molecule has 0 amide bonds. The Morgan fingerprint density at radius 2 is 2.20 bits per heavy atom. The number of hydrogen-bond acceptors (Lipinski definition) is 3. The van der Waals surface area contributed by atoms with Crippen molar-refractivity contribution in [2.45, 2.75) is 19.4 Å². The summed E-state index contributed by atoms with van der Waals surface area (Å²) in [7, 11) is 0. The fourth-order valence-electron chi connectivity index (χ4n) is 0.401. The third kappa shape index (κ3) is 7.39. The van der Waals surface area contributed by atoms with Crippen molar-refractivity contribution in [1.29, 1.82) is 0 Å². The monoisotopic (exact) mass is 147 g/mol. The summed E-state index contributed by atoms with van der Waals surface area (Å²) in [4.78, 5) is 9.92. The van der Waals surface area contributed by atoms with E-state index in [1.165, 1.54) is 0 Å². The molecule has 0 fully saturated rings. The lowest BCUT2D eigenvalue weighted by atomic mass is 10.1. The Bertz CT molecular complexity index is 117. The predicted octanol–water partition coefficient (Wildman–Crippen LogP) is -0.175. The Hall–Kier alpha value is -0.610. The Kier molecular flexibility index (Phi) is 3.32. The lowest BCUT2D eigenvalue weighted by Gasteiger charge is -2.16. The molecule has 0 aliphatic heterocycles. The average molecular weight is 147 g/mol. The minimum Gasteiger partial charge on any atom is -0.480 e. The van der Waals surface area contributed by atoms with Crippen LogP contribution in [0.5, 0.6) is 0 Å². The van der Waals surface area contributed by atoms with E-state index in [4.69, 9.17) is 15.6 Å². The molecule has 0 saturated heterocycles. The zero-order valence-electron chi connectivity index (χ0n) is 6.26. The van der Waals surface area contributed by atoms with Crippen LogP contribution < -0.4 is 5.73 Å². The van der Waals surface area contributed by atoms with Gasteiger partial charge in [-0.05, 0) is 13.8 Å². The SMILES string of the molecule is CC(C)(N)COCC(=O)O. The van der Waals surface area contributed by atoms with Crippen molar-refractivity contribution in [3.63, 3.8) is 0 Å². The second-order valence-electron chi connectivity index (χ2n) is 2.88. The summed E-state index contributed by atoms with van der Waals surface area (Å²) >= 11 is 0. The minimum absolute atomic E-state index is 0.263. The van der Waals surface area contributed by atoms with Crippen molar-refractivity contribution in [1.82, 2.24) is 0 Å². The number of carboxylic acid groups (broad SMARTS) is 1. The van der Waals surface area contributed by atoms with E-state index in [2.05, 4.69) is 0 Å². The normalized spacial score (nSPS) is 11.5. The number of rotatable bonds is 4.